The largest absolute Gasteiger partial charge is 0.481 e. The second kappa shape index (κ2) is 8.64. The Balaban J connectivity index is 1.57. The molecule has 3 rings (SSSR count). The van der Waals surface area contributed by atoms with Gasteiger partial charge in [0.25, 0.3) is 0 Å². The van der Waals surface area contributed by atoms with Crippen LogP contribution in [0.25, 0.3) is 0 Å². The van der Waals surface area contributed by atoms with Gasteiger partial charge in [-0.05, 0) is 64.8 Å². The zero-order valence-electron chi connectivity index (χ0n) is 14.6. The SMILES string of the molecule is Cc1ccc(OCC(=O)Oc2ccc(C(=O)c3ccccc3)cc2)c(Br)c1. The molecule has 0 aliphatic rings. The van der Waals surface area contributed by atoms with Crippen molar-refractivity contribution >= 4 is 27.7 Å². The van der Waals surface area contributed by atoms with E-state index in [-0.39, 0.29) is 12.4 Å². The number of ether oxygens (including phenoxy) is 2. The van der Waals surface area contributed by atoms with Crippen LogP contribution in [0.1, 0.15) is 21.5 Å². The number of benzene rings is 3. The number of rotatable bonds is 6. The van der Waals surface area contributed by atoms with Crippen LogP contribution in [0.4, 0.5) is 0 Å². The molecule has 5 heteroatoms. The zero-order chi connectivity index (χ0) is 19.2. The van der Waals surface area contributed by atoms with Crippen LogP contribution in [0.3, 0.4) is 0 Å². The Hall–Kier alpha value is -2.92. The molecule has 27 heavy (non-hydrogen) atoms. The average molecular weight is 425 g/mol. The highest BCUT2D eigenvalue weighted by molar-refractivity contribution is 9.10. The van der Waals surface area contributed by atoms with Crippen LogP contribution >= 0.6 is 15.9 Å². The molecule has 0 saturated carbocycles. The van der Waals surface area contributed by atoms with Crippen molar-refractivity contribution in [3.05, 3.63) is 94.0 Å². The number of hydrogen-bond donors (Lipinski definition) is 0. The molecular weight excluding hydrogens is 408 g/mol. The lowest BCUT2D eigenvalue weighted by atomic mass is 10.0. The molecule has 0 bridgehead atoms. The number of esters is 1. The van der Waals surface area contributed by atoms with Crippen LogP contribution in [-0.4, -0.2) is 18.4 Å². The maximum absolute atomic E-state index is 12.4. The van der Waals surface area contributed by atoms with E-state index in [0.717, 1.165) is 10.0 Å². The van der Waals surface area contributed by atoms with E-state index in [1.54, 1.807) is 42.5 Å². The molecule has 0 aliphatic carbocycles. The fraction of sp³-hybridized carbons (Fsp3) is 0.0909. The zero-order valence-corrected chi connectivity index (χ0v) is 16.2. The molecule has 0 atom stereocenters. The minimum atomic E-state index is -0.524. The van der Waals surface area contributed by atoms with Crippen molar-refractivity contribution in [2.24, 2.45) is 0 Å². The number of hydrogen-bond acceptors (Lipinski definition) is 4. The lowest BCUT2D eigenvalue weighted by Crippen LogP contribution is -2.17. The first-order valence-corrected chi connectivity index (χ1v) is 9.11. The van der Waals surface area contributed by atoms with Crippen LogP contribution in [-0.2, 0) is 4.79 Å². The number of halogens is 1. The Labute approximate surface area is 165 Å². The van der Waals surface area contributed by atoms with E-state index in [9.17, 15) is 9.59 Å². The first-order chi connectivity index (χ1) is 13.0. The highest BCUT2D eigenvalue weighted by atomic mass is 79.9. The molecule has 0 radical (unpaired) electrons. The van der Waals surface area contributed by atoms with Crippen molar-refractivity contribution in [2.75, 3.05) is 6.61 Å². The van der Waals surface area contributed by atoms with E-state index in [0.29, 0.717) is 22.6 Å². The van der Waals surface area contributed by atoms with Crippen molar-refractivity contribution < 1.29 is 19.1 Å². The van der Waals surface area contributed by atoms with Gasteiger partial charge in [0.15, 0.2) is 12.4 Å². The summed E-state index contributed by atoms with van der Waals surface area (Å²) in [4.78, 5) is 24.3. The molecule has 3 aromatic rings. The Morgan fingerprint density at radius 3 is 2.22 bits per heavy atom. The van der Waals surface area contributed by atoms with Crippen LogP contribution < -0.4 is 9.47 Å². The summed E-state index contributed by atoms with van der Waals surface area (Å²) < 4.78 is 11.5. The monoisotopic (exact) mass is 424 g/mol. The fourth-order valence-corrected chi connectivity index (χ4v) is 3.06. The van der Waals surface area contributed by atoms with Gasteiger partial charge in [0.05, 0.1) is 4.47 Å². The van der Waals surface area contributed by atoms with E-state index >= 15 is 0 Å². The van der Waals surface area contributed by atoms with Gasteiger partial charge < -0.3 is 9.47 Å². The van der Waals surface area contributed by atoms with Crippen LogP contribution in [0, 0.1) is 6.92 Å². The second-order valence-corrected chi connectivity index (χ2v) is 6.77. The van der Waals surface area contributed by atoms with Crippen LogP contribution in [0.5, 0.6) is 11.5 Å². The van der Waals surface area contributed by atoms with Gasteiger partial charge in [-0.1, -0.05) is 36.4 Å². The smallest absolute Gasteiger partial charge is 0.349 e. The highest BCUT2D eigenvalue weighted by Gasteiger charge is 2.11. The minimum Gasteiger partial charge on any atom is -0.481 e. The van der Waals surface area contributed by atoms with Gasteiger partial charge in [-0.15, -0.1) is 0 Å². The summed E-state index contributed by atoms with van der Waals surface area (Å²) in [6, 6.07) is 21.1. The fourth-order valence-electron chi connectivity index (χ4n) is 2.45. The van der Waals surface area contributed by atoms with Gasteiger partial charge in [0.1, 0.15) is 11.5 Å². The first kappa shape index (κ1) is 18.9. The molecule has 0 saturated heterocycles. The van der Waals surface area contributed by atoms with E-state index < -0.39 is 5.97 Å². The Bertz CT molecular complexity index is 950. The first-order valence-electron chi connectivity index (χ1n) is 8.32. The lowest BCUT2D eigenvalue weighted by molar-refractivity contribution is -0.136. The Morgan fingerprint density at radius 1 is 0.889 bits per heavy atom. The summed E-state index contributed by atoms with van der Waals surface area (Å²) in [5.41, 5.74) is 2.22. The molecule has 0 fully saturated rings. The van der Waals surface area contributed by atoms with Crippen molar-refractivity contribution in [2.45, 2.75) is 6.92 Å². The number of carbonyl (C=O) groups is 2. The normalized spacial score (nSPS) is 10.3. The summed E-state index contributed by atoms with van der Waals surface area (Å²) in [6.07, 6.45) is 0. The predicted molar refractivity (Wildman–Crippen MR) is 106 cm³/mol. The second-order valence-electron chi connectivity index (χ2n) is 5.92. The van der Waals surface area contributed by atoms with E-state index in [1.807, 2.05) is 37.3 Å². The van der Waals surface area contributed by atoms with Gasteiger partial charge in [-0.3, -0.25) is 4.79 Å². The van der Waals surface area contributed by atoms with Gasteiger partial charge in [-0.2, -0.15) is 0 Å². The standard InChI is InChI=1S/C22H17BrO4/c1-15-7-12-20(19(23)13-15)26-14-21(24)27-18-10-8-17(9-11-18)22(25)16-5-3-2-4-6-16/h2-13H,14H2,1H3. The molecule has 0 N–H and O–H groups in total. The maximum atomic E-state index is 12.4. The number of carbonyl (C=O) groups excluding carboxylic acids is 2. The molecular formula is C22H17BrO4. The van der Waals surface area contributed by atoms with Crippen molar-refractivity contribution in [3.8, 4) is 11.5 Å². The average Bonchev–Trinajstić information content (AvgIpc) is 2.68. The molecule has 3 aromatic carbocycles. The quantitative estimate of drug-likeness (QED) is 0.318. The van der Waals surface area contributed by atoms with E-state index in [1.165, 1.54) is 0 Å². The van der Waals surface area contributed by atoms with Crippen molar-refractivity contribution in [1.29, 1.82) is 0 Å². The molecule has 0 unspecified atom stereocenters. The highest BCUT2D eigenvalue weighted by Crippen LogP contribution is 2.25. The third kappa shape index (κ3) is 5.05. The third-order valence-electron chi connectivity index (χ3n) is 3.82. The van der Waals surface area contributed by atoms with E-state index in [2.05, 4.69) is 15.9 Å². The molecule has 0 heterocycles. The topological polar surface area (TPSA) is 52.6 Å². The summed E-state index contributed by atoms with van der Waals surface area (Å²) in [5.74, 6) is 0.322. The maximum Gasteiger partial charge on any atom is 0.349 e. The predicted octanol–water partition coefficient (Wildman–Crippen LogP) is 4.97. The summed E-state index contributed by atoms with van der Waals surface area (Å²) in [6.45, 7) is 1.75. The van der Waals surface area contributed by atoms with Crippen molar-refractivity contribution in [1.82, 2.24) is 0 Å². The van der Waals surface area contributed by atoms with Crippen LogP contribution in [0.2, 0.25) is 0 Å². The minimum absolute atomic E-state index is 0.0824. The van der Waals surface area contributed by atoms with Gasteiger partial charge in [-0.25, -0.2) is 4.79 Å². The lowest BCUT2D eigenvalue weighted by Gasteiger charge is -2.09. The molecule has 0 amide bonds. The Morgan fingerprint density at radius 2 is 1.56 bits per heavy atom. The molecule has 0 aliphatic heterocycles. The van der Waals surface area contributed by atoms with Crippen LogP contribution in [0.15, 0.2) is 77.3 Å². The number of ketones is 1. The van der Waals surface area contributed by atoms with Gasteiger partial charge >= 0.3 is 5.97 Å². The van der Waals surface area contributed by atoms with Crippen molar-refractivity contribution in [3.63, 3.8) is 0 Å². The molecule has 136 valence electrons. The molecule has 0 spiro atoms. The van der Waals surface area contributed by atoms with E-state index in [4.69, 9.17) is 9.47 Å². The summed E-state index contributed by atoms with van der Waals surface area (Å²) in [7, 11) is 0. The number of aryl methyl sites for hydroxylation is 1. The van der Waals surface area contributed by atoms with Gasteiger partial charge in [0.2, 0.25) is 0 Å². The summed E-state index contributed by atoms with van der Waals surface area (Å²) in [5, 5.41) is 0. The Kier molecular flexibility index (Phi) is 6.04. The summed E-state index contributed by atoms with van der Waals surface area (Å²) >= 11 is 3.40. The molecule has 0 aromatic heterocycles. The third-order valence-corrected chi connectivity index (χ3v) is 4.44. The molecule has 4 nitrogen and oxygen atoms in total. The van der Waals surface area contributed by atoms with Gasteiger partial charge in [0, 0.05) is 11.1 Å².